The number of likely N-dealkylation sites (N-methyl/N-ethyl adjacent to an activating group) is 1. The minimum Gasteiger partial charge on any atom is -0.491 e. The Morgan fingerprint density at radius 3 is 2.72 bits per heavy atom. The van der Waals surface area contributed by atoms with Gasteiger partial charge in [0.05, 0.1) is 12.6 Å². The maximum Gasteiger partial charge on any atom is 0.239 e. The molecule has 0 aliphatic rings. The van der Waals surface area contributed by atoms with Crippen molar-refractivity contribution in [2.45, 2.75) is 26.3 Å². The normalized spacial score (nSPS) is 12.0. The van der Waals surface area contributed by atoms with Crippen LogP contribution in [0.15, 0.2) is 24.3 Å². The molecule has 4 heteroatoms. The van der Waals surface area contributed by atoms with Gasteiger partial charge in [-0.05, 0) is 25.0 Å². The molecule has 0 aliphatic carbocycles. The number of nitrogens with zero attached hydrogens (tertiary/aromatic N) is 1. The van der Waals surface area contributed by atoms with Crippen molar-refractivity contribution in [3.8, 4) is 5.75 Å². The van der Waals surface area contributed by atoms with Gasteiger partial charge in [0, 0.05) is 7.05 Å². The Labute approximate surface area is 109 Å². The molecule has 0 fully saturated rings. The third-order valence-corrected chi connectivity index (χ3v) is 2.80. The van der Waals surface area contributed by atoms with Crippen LogP contribution < -0.4 is 10.5 Å². The molecule has 0 heterocycles. The maximum absolute atomic E-state index is 11.6. The molecule has 0 bridgehead atoms. The Morgan fingerprint density at radius 2 is 2.11 bits per heavy atom. The summed E-state index contributed by atoms with van der Waals surface area (Å²) in [6.07, 6.45) is 0.935. The highest BCUT2D eigenvalue weighted by Gasteiger charge is 2.12. The molecule has 18 heavy (non-hydrogen) atoms. The number of para-hydroxylation sites is 1. The quantitative estimate of drug-likeness (QED) is 0.831. The number of carbonyl (C=O) groups is 1. The van der Waals surface area contributed by atoms with E-state index in [2.05, 4.69) is 6.92 Å². The summed E-state index contributed by atoms with van der Waals surface area (Å²) < 4.78 is 5.69. The summed E-state index contributed by atoms with van der Waals surface area (Å²) in [4.78, 5) is 13.2. The highest BCUT2D eigenvalue weighted by molar-refractivity contribution is 5.80. The number of hydrogen-bond acceptors (Lipinski definition) is 3. The van der Waals surface area contributed by atoms with E-state index in [-0.39, 0.29) is 5.91 Å². The summed E-state index contributed by atoms with van der Waals surface area (Å²) in [5, 5.41) is 0. The van der Waals surface area contributed by atoms with Crippen molar-refractivity contribution >= 4 is 5.91 Å². The van der Waals surface area contributed by atoms with Crippen molar-refractivity contribution in [1.29, 1.82) is 0 Å². The number of carbonyl (C=O) groups excluding carboxylic acids is 1. The molecule has 0 saturated carbocycles. The van der Waals surface area contributed by atoms with Crippen LogP contribution in [0.4, 0.5) is 0 Å². The molecule has 0 radical (unpaired) electrons. The summed E-state index contributed by atoms with van der Waals surface area (Å²) in [7, 11) is 1.74. The van der Waals surface area contributed by atoms with E-state index in [0.29, 0.717) is 13.2 Å². The molecule has 100 valence electrons. The van der Waals surface area contributed by atoms with Crippen LogP contribution in [0.25, 0.3) is 0 Å². The van der Waals surface area contributed by atoms with E-state index in [1.165, 1.54) is 5.56 Å². The fraction of sp³-hybridized carbons (Fsp3) is 0.500. The van der Waals surface area contributed by atoms with Gasteiger partial charge in [0.15, 0.2) is 0 Å². The first-order chi connectivity index (χ1) is 8.56. The molecule has 1 aromatic carbocycles. The van der Waals surface area contributed by atoms with Crippen molar-refractivity contribution < 1.29 is 9.53 Å². The third-order valence-electron chi connectivity index (χ3n) is 2.80. The van der Waals surface area contributed by atoms with Crippen LogP contribution in [0.3, 0.4) is 0 Å². The largest absolute Gasteiger partial charge is 0.491 e. The first kappa shape index (κ1) is 14.5. The summed E-state index contributed by atoms with van der Waals surface area (Å²) in [6, 6.07) is 7.49. The molecule has 1 atom stereocenters. The summed E-state index contributed by atoms with van der Waals surface area (Å²) in [6.45, 7) is 4.80. The molecule has 0 saturated heterocycles. The zero-order chi connectivity index (χ0) is 13.5. The van der Waals surface area contributed by atoms with Crippen LogP contribution in [0.1, 0.15) is 19.4 Å². The van der Waals surface area contributed by atoms with Crippen LogP contribution in [0, 0.1) is 0 Å². The lowest BCUT2D eigenvalue weighted by molar-refractivity contribution is -0.131. The second kappa shape index (κ2) is 7.01. The topological polar surface area (TPSA) is 55.6 Å². The number of aryl methyl sites for hydroxylation is 1. The van der Waals surface area contributed by atoms with Crippen molar-refractivity contribution in [2.24, 2.45) is 5.73 Å². The lowest BCUT2D eigenvalue weighted by Gasteiger charge is -2.19. The molecule has 2 N–H and O–H groups in total. The van der Waals surface area contributed by atoms with Gasteiger partial charge in [0.25, 0.3) is 0 Å². The predicted octanol–water partition coefficient (Wildman–Crippen LogP) is 1.43. The lowest BCUT2D eigenvalue weighted by atomic mass is 10.1. The Morgan fingerprint density at radius 1 is 1.44 bits per heavy atom. The molecule has 1 amide bonds. The van der Waals surface area contributed by atoms with Gasteiger partial charge in [0.2, 0.25) is 5.91 Å². The Kier molecular flexibility index (Phi) is 5.65. The molecule has 0 aromatic heterocycles. The van der Waals surface area contributed by atoms with E-state index < -0.39 is 6.04 Å². The highest BCUT2D eigenvalue weighted by Crippen LogP contribution is 2.17. The van der Waals surface area contributed by atoms with Crippen LogP contribution >= 0.6 is 0 Å². The smallest absolute Gasteiger partial charge is 0.239 e. The van der Waals surface area contributed by atoms with Gasteiger partial charge in [-0.1, -0.05) is 25.1 Å². The Balaban J connectivity index is 2.44. The van der Waals surface area contributed by atoms with E-state index in [9.17, 15) is 4.79 Å². The van der Waals surface area contributed by atoms with Gasteiger partial charge in [-0.15, -0.1) is 0 Å². The zero-order valence-electron chi connectivity index (χ0n) is 11.3. The fourth-order valence-electron chi connectivity index (χ4n) is 1.69. The van der Waals surface area contributed by atoms with Crippen LogP contribution in [-0.4, -0.2) is 37.0 Å². The van der Waals surface area contributed by atoms with E-state index >= 15 is 0 Å². The van der Waals surface area contributed by atoms with Crippen molar-refractivity contribution in [1.82, 2.24) is 4.90 Å². The fourth-order valence-corrected chi connectivity index (χ4v) is 1.69. The molecule has 1 unspecified atom stereocenters. The number of rotatable bonds is 6. The number of hydrogen-bond donors (Lipinski definition) is 1. The van der Waals surface area contributed by atoms with E-state index in [0.717, 1.165) is 12.2 Å². The van der Waals surface area contributed by atoms with Crippen molar-refractivity contribution in [3.05, 3.63) is 29.8 Å². The van der Waals surface area contributed by atoms with Gasteiger partial charge in [-0.25, -0.2) is 0 Å². The zero-order valence-corrected chi connectivity index (χ0v) is 11.3. The summed E-state index contributed by atoms with van der Waals surface area (Å²) in [5.41, 5.74) is 6.71. The SMILES string of the molecule is CCc1ccccc1OCCN(C)C(=O)C(C)N. The van der Waals surface area contributed by atoms with Gasteiger partial charge < -0.3 is 15.4 Å². The lowest BCUT2D eigenvalue weighted by Crippen LogP contribution is -2.41. The molecule has 1 rings (SSSR count). The van der Waals surface area contributed by atoms with E-state index in [1.54, 1.807) is 18.9 Å². The second-order valence-corrected chi connectivity index (χ2v) is 4.36. The maximum atomic E-state index is 11.6. The number of nitrogens with two attached hydrogens (primary N) is 1. The third kappa shape index (κ3) is 4.04. The Bertz CT molecular complexity index is 391. The number of amides is 1. The van der Waals surface area contributed by atoms with Gasteiger partial charge in [-0.3, -0.25) is 4.79 Å². The first-order valence-corrected chi connectivity index (χ1v) is 6.27. The molecular formula is C14H22N2O2. The van der Waals surface area contributed by atoms with Crippen LogP contribution in [-0.2, 0) is 11.2 Å². The number of benzene rings is 1. The van der Waals surface area contributed by atoms with Crippen LogP contribution in [0.2, 0.25) is 0 Å². The molecule has 4 nitrogen and oxygen atoms in total. The van der Waals surface area contributed by atoms with Gasteiger partial charge in [0.1, 0.15) is 12.4 Å². The van der Waals surface area contributed by atoms with Gasteiger partial charge in [-0.2, -0.15) is 0 Å². The Hall–Kier alpha value is -1.55. The second-order valence-electron chi connectivity index (χ2n) is 4.36. The molecule has 0 spiro atoms. The van der Waals surface area contributed by atoms with Crippen molar-refractivity contribution in [3.63, 3.8) is 0 Å². The van der Waals surface area contributed by atoms with E-state index in [1.807, 2.05) is 24.3 Å². The van der Waals surface area contributed by atoms with E-state index in [4.69, 9.17) is 10.5 Å². The highest BCUT2D eigenvalue weighted by atomic mass is 16.5. The predicted molar refractivity (Wildman–Crippen MR) is 72.6 cm³/mol. The standard InChI is InChI=1S/C14H22N2O2/c1-4-12-7-5-6-8-13(12)18-10-9-16(3)14(17)11(2)15/h5-8,11H,4,9-10,15H2,1-3H3. The monoisotopic (exact) mass is 250 g/mol. The van der Waals surface area contributed by atoms with Crippen molar-refractivity contribution in [2.75, 3.05) is 20.2 Å². The minimum atomic E-state index is -0.460. The summed E-state index contributed by atoms with van der Waals surface area (Å²) in [5.74, 6) is 0.823. The minimum absolute atomic E-state index is 0.0672. The van der Waals surface area contributed by atoms with Gasteiger partial charge >= 0.3 is 0 Å². The molecular weight excluding hydrogens is 228 g/mol. The molecule has 0 aliphatic heterocycles. The summed E-state index contributed by atoms with van der Waals surface area (Å²) >= 11 is 0. The van der Waals surface area contributed by atoms with Crippen LogP contribution in [0.5, 0.6) is 5.75 Å². The first-order valence-electron chi connectivity index (χ1n) is 6.27. The average Bonchev–Trinajstić information content (AvgIpc) is 2.38. The molecule has 1 aromatic rings. The number of ether oxygens (including phenoxy) is 1. The average molecular weight is 250 g/mol.